The van der Waals surface area contributed by atoms with E-state index in [9.17, 15) is 5.11 Å². The second-order valence-electron chi connectivity index (χ2n) is 3.73. The molecule has 1 aromatic rings. The van der Waals surface area contributed by atoms with E-state index in [4.69, 9.17) is 11.6 Å². The SMILES string of the molecule is C=C1C=C[C-]=C(c2ccc(O)cc2Cl)N1CC.[Y]. The molecule has 0 aromatic heterocycles. The molecular formula is C14H13ClNOY-. The van der Waals surface area contributed by atoms with Crippen LogP contribution in [0.25, 0.3) is 5.70 Å². The average molecular weight is 336 g/mol. The van der Waals surface area contributed by atoms with E-state index in [1.165, 1.54) is 6.07 Å². The summed E-state index contributed by atoms with van der Waals surface area (Å²) in [5.74, 6) is 0.160. The monoisotopic (exact) mass is 335 g/mol. The molecule has 4 heteroatoms. The van der Waals surface area contributed by atoms with Gasteiger partial charge in [-0.3, -0.25) is 0 Å². The molecule has 0 amide bonds. The number of hydrogen-bond donors (Lipinski definition) is 1. The Labute approximate surface area is 138 Å². The number of aromatic hydroxyl groups is 1. The molecule has 1 heterocycles. The molecule has 0 atom stereocenters. The molecule has 18 heavy (non-hydrogen) atoms. The number of phenolic OH excluding ortho intramolecular Hbond substituents is 1. The van der Waals surface area contributed by atoms with Crippen LogP contribution in [0.2, 0.25) is 5.02 Å². The predicted octanol–water partition coefficient (Wildman–Crippen LogP) is 3.59. The zero-order chi connectivity index (χ0) is 12.4. The summed E-state index contributed by atoms with van der Waals surface area (Å²) in [6.45, 7) is 6.81. The van der Waals surface area contributed by atoms with E-state index in [2.05, 4.69) is 12.7 Å². The molecule has 0 unspecified atom stereocenters. The predicted molar refractivity (Wildman–Crippen MR) is 70.4 cm³/mol. The van der Waals surface area contributed by atoms with Crippen LogP contribution in [0.5, 0.6) is 5.75 Å². The number of hydrogen-bond acceptors (Lipinski definition) is 2. The fourth-order valence-corrected chi connectivity index (χ4v) is 2.07. The van der Waals surface area contributed by atoms with E-state index in [1.807, 2.05) is 24.0 Å². The third kappa shape index (κ3) is 3.06. The Kier molecular flexibility index (Phi) is 5.64. The van der Waals surface area contributed by atoms with Crippen LogP contribution >= 0.6 is 11.6 Å². The second-order valence-corrected chi connectivity index (χ2v) is 4.13. The minimum absolute atomic E-state index is 0. The molecule has 0 spiro atoms. The maximum Gasteiger partial charge on any atom is 0.114 e. The third-order valence-corrected chi connectivity index (χ3v) is 2.95. The van der Waals surface area contributed by atoms with E-state index in [0.717, 1.165) is 23.5 Å². The Bertz CT molecular complexity index is 523. The molecule has 1 aromatic carbocycles. The van der Waals surface area contributed by atoms with Gasteiger partial charge in [0, 0.05) is 39.3 Å². The molecule has 0 saturated heterocycles. The van der Waals surface area contributed by atoms with Crippen molar-refractivity contribution in [2.75, 3.05) is 6.54 Å². The van der Waals surface area contributed by atoms with Crippen molar-refractivity contribution in [1.29, 1.82) is 0 Å². The minimum atomic E-state index is 0. The summed E-state index contributed by atoms with van der Waals surface area (Å²) in [6, 6.07) is 4.93. The van der Waals surface area contributed by atoms with Crippen LogP contribution in [-0.2, 0) is 32.7 Å². The van der Waals surface area contributed by atoms with Gasteiger partial charge in [0.05, 0.1) is 0 Å². The van der Waals surface area contributed by atoms with Crippen LogP contribution < -0.4 is 0 Å². The van der Waals surface area contributed by atoms with Gasteiger partial charge in [0.25, 0.3) is 0 Å². The van der Waals surface area contributed by atoms with Gasteiger partial charge < -0.3 is 10.0 Å². The molecule has 2 nitrogen and oxygen atoms in total. The molecule has 91 valence electrons. The van der Waals surface area contributed by atoms with Crippen molar-refractivity contribution in [2.45, 2.75) is 6.92 Å². The molecule has 0 fully saturated rings. The summed E-state index contributed by atoms with van der Waals surface area (Å²) >= 11 is 6.13. The molecule has 1 radical (unpaired) electrons. The zero-order valence-electron chi connectivity index (χ0n) is 10.2. The number of likely N-dealkylation sites (N-methyl/N-ethyl adjacent to an activating group) is 1. The molecule has 2 rings (SSSR count). The summed E-state index contributed by atoms with van der Waals surface area (Å²) in [5.41, 5.74) is 2.63. The number of phenols is 1. The molecule has 0 saturated carbocycles. The van der Waals surface area contributed by atoms with E-state index in [1.54, 1.807) is 12.1 Å². The molecule has 1 aliphatic heterocycles. The Morgan fingerprint density at radius 2 is 2.17 bits per heavy atom. The van der Waals surface area contributed by atoms with Crippen molar-refractivity contribution in [1.82, 2.24) is 4.90 Å². The quantitative estimate of drug-likeness (QED) is 0.835. The van der Waals surface area contributed by atoms with E-state index < -0.39 is 0 Å². The largest absolute Gasteiger partial charge is 0.508 e. The van der Waals surface area contributed by atoms with Gasteiger partial charge in [-0.25, -0.2) is 0 Å². The van der Waals surface area contributed by atoms with Gasteiger partial charge in [-0.2, -0.15) is 12.2 Å². The second kappa shape index (κ2) is 6.56. The zero-order valence-corrected chi connectivity index (χ0v) is 13.7. The smallest absolute Gasteiger partial charge is 0.114 e. The van der Waals surface area contributed by atoms with Crippen LogP contribution in [0, 0.1) is 6.08 Å². The van der Waals surface area contributed by atoms with Crippen molar-refractivity contribution in [2.24, 2.45) is 0 Å². The molecule has 1 aliphatic rings. The first kappa shape index (κ1) is 15.5. The summed E-state index contributed by atoms with van der Waals surface area (Å²) in [4.78, 5) is 2.03. The Morgan fingerprint density at radius 3 is 2.78 bits per heavy atom. The molecule has 0 aliphatic carbocycles. The third-order valence-electron chi connectivity index (χ3n) is 2.64. The fraction of sp³-hybridized carbons (Fsp3) is 0.143. The average Bonchev–Trinajstić information content (AvgIpc) is 2.29. The molecule has 1 N–H and O–H groups in total. The molecular weight excluding hydrogens is 323 g/mol. The van der Waals surface area contributed by atoms with Gasteiger partial charge in [-0.05, 0) is 29.8 Å². The van der Waals surface area contributed by atoms with Crippen molar-refractivity contribution < 1.29 is 37.8 Å². The van der Waals surface area contributed by atoms with Crippen LogP contribution in [0.4, 0.5) is 0 Å². The maximum atomic E-state index is 9.35. The molecule has 0 bridgehead atoms. The van der Waals surface area contributed by atoms with Gasteiger partial charge >= 0.3 is 0 Å². The topological polar surface area (TPSA) is 23.5 Å². The number of rotatable bonds is 2. The van der Waals surface area contributed by atoms with Crippen molar-refractivity contribution >= 4 is 17.3 Å². The van der Waals surface area contributed by atoms with E-state index in [-0.39, 0.29) is 38.5 Å². The number of nitrogens with zero attached hydrogens (tertiary/aromatic N) is 1. The van der Waals surface area contributed by atoms with Crippen molar-refractivity contribution in [3.8, 4) is 5.75 Å². The fourth-order valence-electron chi connectivity index (χ4n) is 1.81. The van der Waals surface area contributed by atoms with E-state index >= 15 is 0 Å². The number of allylic oxidation sites excluding steroid dienone is 3. The van der Waals surface area contributed by atoms with Gasteiger partial charge in [0.1, 0.15) is 5.75 Å². The van der Waals surface area contributed by atoms with Gasteiger partial charge in [0.2, 0.25) is 0 Å². The first-order valence-corrected chi connectivity index (χ1v) is 5.76. The summed E-state index contributed by atoms with van der Waals surface area (Å²) in [5, 5.41) is 9.86. The minimum Gasteiger partial charge on any atom is -0.508 e. The standard InChI is InChI=1S/C14H13ClNO.Y/c1-3-16-10(2)5-4-6-14(16)12-8-7-11(17)9-13(12)15;/h4-5,7-9,17H,2-3H2,1H3;/q-1;. The van der Waals surface area contributed by atoms with Crippen molar-refractivity contribution in [3.05, 3.63) is 59.3 Å². The maximum absolute atomic E-state index is 9.35. The Morgan fingerprint density at radius 1 is 1.44 bits per heavy atom. The first-order valence-electron chi connectivity index (χ1n) is 5.39. The Balaban J connectivity index is 0.00000162. The van der Waals surface area contributed by atoms with Crippen LogP contribution in [0.1, 0.15) is 12.5 Å². The number of halogens is 1. The summed E-state index contributed by atoms with van der Waals surface area (Å²) in [7, 11) is 0. The van der Waals surface area contributed by atoms with E-state index in [0.29, 0.717) is 5.02 Å². The van der Waals surface area contributed by atoms with Crippen LogP contribution in [0.15, 0.2) is 42.6 Å². The Hall–Kier alpha value is -0.566. The van der Waals surface area contributed by atoms with Gasteiger partial charge in [0.15, 0.2) is 0 Å². The van der Waals surface area contributed by atoms with Gasteiger partial charge in [-0.15, -0.1) is 12.1 Å². The van der Waals surface area contributed by atoms with Crippen molar-refractivity contribution in [3.63, 3.8) is 0 Å². The first-order chi connectivity index (χ1) is 8.13. The normalized spacial score (nSPS) is 14.2. The van der Waals surface area contributed by atoms with Gasteiger partial charge in [-0.1, -0.05) is 29.4 Å². The summed E-state index contributed by atoms with van der Waals surface area (Å²) < 4.78 is 0. The number of benzene rings is 1. The summed E-state index contributed by atoms with van der Waals surface area (Å²) in [6.07, 6.45) is 6.89. The van der Waals surface area contributed by atoms with Crippen LogP contribution in [0.3, 0.4) is 0 Å². The van der Waals surface area contributed by atoms with Crippen LogP contribution in [-0.4, -0.2) is 16.6 Å².